The van der Waals surface area contributed by atoms with Gasteiger partial charge in [0.1, 0.15) is 11.6 Å². The van der Waals surface area contributed by atoms with Crippen LogP contribution in [0.15, 0.2) is 0 Å². The SMILES string of the molecule is CNc1nc([C@H]2CCCN(C(=O)CCC3CCCC3)C2)nc2c1CN(C)CC2. The number of aromatic nitrogens is 2. The van der Waals surface area contributed by atoms with E-state index in [2.05, 4.69) is 22.2 Å². The van der Waals surface area contributed by atoms with Crippen molar-refractivity contribution in [3.8, 4) is 0 Å². The van der Waals surface area contributed by atoms with Gasteiger partial charge in [0.05, 0.1) is 5.69 Å². The largest absolute Gasteiger partial charge is 0.373 e. The monoisotopic (exact) mass is 385 g/mol. The number of piperidine rings is 1. The molecule has 28 heavy (non-hydrogen) atoms. The van der Waals surface area contributed by atoms with E-state index in [0.717, 1.165) is 75.8 Å². The van der Waals surface area contributed by atoms with Crippen LogP contribution in [0.5, 0.6) is 0 Å². The van der Waals surface area contributed by atoms with E-state index >= 15 is 0 Å². The van der Waals surface area contributed by atoms with Crippen LogP contribution in [-0.4, -0.2) is 59.4 Å². The zero-order chi connectivity index (χ0) is 19.5. The lowest BCUT2D eigenvalue weighted by Crippen LogP contribution is -2.40. The lowest BCUT2D eigenvalue weighted by atomic mass is 9.95. The number of rotatable bonds is 5. The number of nitrogens with zero attached hydrogens (tertiary/aromatic N) is 4. The van der Waals surface area contributed by atoms with Gasteiger partial charge in [-0.2, -0.15) is 0 Å². The Morgan fingerprint density at radius 1 is 1.14 bits per heavy atom. The predicted molar refractivity (Wildman–Crippen MR) is 111 cm³/mol. The molecule has 154 valence electrons. The number of anilines is 1. The average molecular weight is 386 g/mol. The molecule has 0 radical (unpaired) electrons. The second-order valence-electron chi connectivity index (χ2n) is 8.96. The van der Waals surface area contributed by atoms with E-state index in [9.17, 15) is 4.79 Å². The van der Waals surface area contributed by atoms with Crippen molar-refractivity contribution in [2.24, 2.45) is 5.92 Å². The Bertz CT molecular complexity index is 683. The summed E-state index contributed by atoms with van der Waals surface area (Å²) in [6, 6.07) is 0. The summed E-state index contributed by atoms with van der Waals surface area (Å²) in [4.78, 5) is 27.0. The summed E-state index contributed by atoms with van der Waals surface area (Å²) in [5, 5.41) is 3.28. The number of amides is 1. The van der Waals surface area contributed by atoms with Crippen LogP contribution in [0.2, 0.25) is 0 Å². The highest BCUT2D eigenvalue weighted by Gasteiger charge is 2.29. The van der Waals surface area contributed by atoms with E-state index in [4.69, 9.17) is 9.97 Å². The van der Waals surface area contributed by atoms with Crippen LogP contribution in [0, 0.1) is 5.92 Å². The van der Waals surface area contributed by atoms with Crippen molar-refractivity contribution >= 4 is 11.7 Å². The highest BCUT2D eigenvalue weighted by Crippen LogP contribution is 2.31. The Kier molecular flexibility index (Phi) is 6.14. The van der Waals surface area contributed by atoms with Crippen molar-refractivity contribution < 1.29 is 4.79 Å². The molecule has 3 aliphatic rings. The zero-order valence-electron chi connectivity index (χ0n) is 17.5. The van der Waals surface area contributed by atoms with Gasteiger partial charge in [0, 0.05) is 57.5 Å². The van der Waals surface area contributed by atoms with Crippen LogP contribution in [0.25, 0.3) is 0 Å². The first-order chi connectivity index (χ1) is 13.6. The van der Waals surface area contributed by atoms with Crippen LogP contribution in [-0.2, 0) is 17.8 Å². The minimum atomic E-state index is 0.265. The summed E-state index contributed by atoms with van der Waals surface area (Å²) < 4.78 is 0. The molecule has 1 aromatic rings. The Balaban J connectivity index is 1.43. The molecule has 6 heteroatoms. The Hall–Kier alpha value is -1.69. The number of nitrogens with one attached hydrogen (secondary N) is 1. The van der Waals surface area contributed by atoms with Crippen molar-refractivity contribution in [2.45, 2.75) is 70.3 Å². The van der Waals surface area contributed by atoms with Gasteiger partial charge in [-0.15, -0.1) is 0 Å². The molecule has 0 aromatic carbocycles. The number of fused-ring (bicyclic) bond motifs is 1. The molecule has 2 aliphatic heterocycles. The van der Waals surface area contributed by atoms with Gasteiger partial charge in [0.2, 0.25) is 5.91 Å². The number of carbonyl (C=O) groups excluding carboxylic acids is 1. The standard InChI is InChI=1S/C22H35N5O/c1-23-22-18-15-26(2)13-11-19(18)24-21(25-22)17-8-5-12-27(14-17)20(28)10-9-16-6-3-4-7-16/h16-17H,3-15H2,1-2H3,(H,23,24,25)/t17-/m0/s1. The lowest BCUT2D eigenvalue weighted by Gasteiger charge is -2.33. The van der Waals surface area contributed by atoms with Crippen molar-refractivity contribution in [3.05, 3.63) is 17.1 Å². The number of carbonyl (C=O) groups is 1. The van der Waals surface area contributed by atoms with Crippen LogP contribution < -0.4 is 5.32 Å². The molecule has 3 heterocycles. The summed E-state index contributed by atoms with van der Waals surface area (Å²) in [6.45, 7) is 3.63. The molecule has 4 rings (SSSR count). The molecular formula is C22H35N5O. The molecule has 1 aromatic heterocycles. The number of likely N-dealkylation sites (tertiary alicyclic amines) is 1. The normalized spacial score (nSPS) is 23.6. The van der Waals surface area contributed by atoms with E-state index < -0.39 is 0 Å². The molecule has 6 nitrogen and oxygen atoms in total. The maximum Gasteiger partial charge on any atom is 0.222 e. The lowest BCUT2D eigenvalue weighted by molar-refractivity contribution is -0.132. The van der Waals surface area contributed by atoms with Gasteiger partial charge in [-0.25, -0.2) is 9.97 Å². The molecule has 0 unspecified atom stereocenters. The van der Waals surface area contributed by atoms with Gasteiger partial charge in [-0.05, 0) is 32.2 Å². The predicted octanol–water partition coefficient (Wildman–Crippen LogP) is 3.18. The third-order valence-corrected chi connectivity index (χ3v) is 6.89. The minimum Gasteiger partial charge on any atom is -0.373 e. The third-order valence-electron chi connectivity index (χ3n) is 6.89. The van der Waals surface area contributed by atoms with Gasteiger partial charge >= 0.3 is 0 Å². The highest BCUT2D eigenvalue weighted by molar-refractivity contribution is 5.76. The van der Waals surface area contributed by atoms with Crippen molar-refractivity contribution in [2.75, 3.05) is 39.0 Å². The van der Waals surface area contributed by atoms with E-state index in [1.54, 1.807) is 0 Å². The molecule has 1 aliphatic carbocycles. The van der Waals surface area contributed by atoms with Crippen LogP contribution in [0.3, 0.4) is 0 Å². The van der Waals surface area contributed by atoms with E-state index in [1.165, 1.54) is 36.9 Å². The number of hydrogen-bond acceptors (Lipinski definition) is 5. The second-order valence-corrected chi connectivity index (χ2v) is 8.96. The molecule has 1 atom stereocenters. The fraction of sp³-hybridized carbons (Fsp3) is 0.773. The first-order valence-corrected chi connectivity index (χ1v) is 11.2. The maximum absolute atomic E-state index is 12.8. The zero-order valence-corrected chi connectivity index (χ0v) is 17.5. The van der Waals surface area contributed by atoms with Gasteiger partial charge < -0.3 is 15.1 Å². The Morgan fingerprint density at radius 3 is 2.75 bits per heavy atom. The molecule has 2 fully saturated rings. The molecule has 1 N–H and O–H groups in total. The minimum absolute atomic E-state index is 0.265. The topological polar surface area (TPSA) is 61.4 Å². The first kappa shape index (κ1) is 19.6. The fourth-order valence-corrected chi connectivity index (χ4v) is 5.16. The summed E-state index contributed by atoms with van der Waals surface area (Å²) in [7, 11) is 4.09. The molecule has 1 amide bonds. The van der Waals surface area contributed by atoms with Gasteiger partial charge in [-0.1, -0.05) is 25.7 Å². The molecule has 1 saturated carbocycles. The summed E-state index contributed by atoms with van der Waals surface area (Å²) in [5.41, 5.74) is 2.43. The smallest absolute Gasteiger partial charge is 0.222 e. The Morgan fingerprint density at radius 2 is 1.96 bits per heavy atom. The Labute approximate surface area is 169 Å². The second kappa shape index (κ2) is 8.76. The third kappa shape index (κ3) is 4.32. The van der Waals surface area contributed by atoms with E-state index in [-0.39, 0.29) is 5.92 Å². The van der Waals surface area contributed by atoms with E-state index in [1.807, 2.05) is 7.05 Å². The number of hydrogen-bond donors (Lipinski definition) is 1. The van der Waals surface area contributed by atoms with Crippen molar-refractivity contribution in [1.82, 2.24) is 19.8 Å². The number of likely N-dealkylation sites (N-methyl/N-ethyl adjacent to an activating group) is 1. The molecule has 0 bridgehead atoms. The van der Waals surface area contributed by atoms with Crippen LogP contribution >= 0.6 is 0 Å². The maximum atomic E-state index is 12.8. The van der Waals surface area contributed by atoms with E-state index in [0.29, 0.717) is 5.91 Å². The average Bonchev–Trinajstić information content (AvgIpc) is 3.25. The van der Waals surface area contributed by atoms with Crippen molar-refractivity contribution in [1.29, 1.82) is 0 Å². The van der Waals surface area contributed by atoms with Crippen LogP contribution in [0.1, 0.15) is 74.4 Å². The molecule has 0 spiro atoms. The van der Waals surface area contributed by atoms with Gasteiger partial charge in [-0.3, -0.25) is 4.79 Å². The van der Waals surface area contributed by atoms with Gasteiger partial charge in [0.15, 0.2) is 0 Å². The summed E-state index contributed by atoms with van der Waals surface area (Å²) in [6.07, 6.45) is 10.2. The van der Waals surface area contributed by atoms with Crippen molar-refractivity contribution in [3.63, 3.8) is 0 Å². The molecule has 1 saturated heterocycles. The highest BCUT2D eigenvalue weighted by atomic mass is 16.2. The molecular weight excluding hydrogens is 350 g/mol. The summed E-state index contributed by atoms with van der Waals surface area (Å²) in [5.74, 6) is 3.29. The van der Waals surface area contributed by atoms with Crippen LogP contribution in [0.4, 0.5) is 5.82 Å². The van der Waals surface area contributed by atoms with Gasteiger partial charge in [0.25, 0.3) is 0 Å². The quantitative estimate of drug-likeness (QED) is 0.843. The fourth-order valence-electron chi connectivity index (χ4n) is 5.16. The first-order valence-electron chi connectivity index (χ1n) is 11.2. The summed E-state index contributed by atoms with van der Waals surface area (Å²) >= 11 is 0.